The van der Waals surface area contributed by atoms with Crippen LogP contribution in [0.2, 0.25) is 0 Å². The van der Waals surface area contributed by atoms with Crippen molar-refractivity contribution in [3.8, 4) is 0 Å². The number of hydrogen-bond donors (Lipinski definition) is 1. The number of carbonyl (C=O) groups excluding carboxylic acids is 2. The molecule has 0 aliphatic carbocycles. The predicted molar refractivity (Wildman–Crippen MR) is 104 cm³/mol. The molecule has 1 heterocycles. The Balaban J connectivity index is 1.83. The minimum absolute atomic E-state index is 0.0125. The van der Waals surface area contributed by atoms with Gasteiger partial charge < -0.3 is 10.2 Å². The number of nitrogens with one attached hydrogen (secondary N) is 1. The molecule has 8 heteroatoms. The van der Waals surface area contributed by atoms with Crippen molar-refractivity contribution in [2.24, 2.45) is 0 Å². The molecule has 26 heavy (non-hydrogen) atoms. The third kappa shape index (κ3) is 6.02. The van der Waals surface area contributed by atoms with Crippen molar-refractivity contribution in [2.45, 2.75) is 38.1 Å². The van der Waals surface area contributed by atoms with Gasteiger partial charge in [-0.25, -0.2) is 8.42 Å². The van der Waals surface area contributed by atoms with Gasteiger partial charge in [0.2, 0.25) is 11.8 Å². The molecule has 0 saturated carbocycles. The molecule has 1 aromatic carbocycles. The minimum atomic E-state index is -3.04. The summed E-state index contributed by atoms with van der Waals surface area (Å²) < 4.78 is 22.9. The standard InChI is InChI=1S/C18H26N2O4S2/c1-4-20(10-17(21)19-15-7-8-26(23,24)12-15)18(22)11-25-16-6-5-13(2)14(3)9-16/h5-6,9,15H,4,7-8,10-12H2,1-3H3,(H,19,21)/t15-/m1/s1. The predicted octanol–water partition coefficient (Wildman–Crippen LogP) is 1.55. The van der Waals surface area contributed by atoms with Crippen molar-refractivity contribution in [2.75, 3.05) is 30.3 Å². The van der Waals surface area contributed by atoms with Crippen LogP contribution in [0.1, 0.15) is 24.5 Å². The van der Waals surface area contributed by atoms with Gasteiger partial charge in [0.1, 0.15) is 0 Å². The smallest absolute Gasteiger partial charge is 0.239 e. The zero-order valence-electron chi connectivity index (χ0n) is 15.4. The van der Waals surface area contributed by atoms with Crippen LogP contribution < -0.4 is 5.32 Å². The number of rotatable bonds is 7. The number of aryl methyl sites for hydroxylation is 2. The molecule has 0 bridgehead atoms. The fourth-order valence-electron chi connectivity index (χ4n) is 2.77. The van der Waals surface area contributed by atoms with Gasteiger partial charge in [-0.05, 0) is 50.5 Å². The van der Waals surface area contributed by atoms with Crippen LogP contribution in [0.5, 0.6) is 0 Å². The molecule has 0 spiro atoms. The lowest BCUT2D eigenvalue weighted by atomic mass is 10.1. The first-order valence-electron chi connectivity index (χ1n) is 8.68. The van der Waals surface area contributed by atoms with Crippen molar-refractivity contribution in [3.63, 3.8) is 0 Å². The van der Waals surface area contributed by atoms with Crippen molar-refractivity contribution in [3.05, 3.63) is 29.3 Å². The maximum absolute atomic E-state index is 12.4. The quantitative estimate of drug-likeness (QED) is 0.705. The molecule has 2 rings (SSSR count). The van der Waals surface area contributed by atoms with Gasteiger partial charge in [0.05, 0.1) is 23.8 Å². The van der Waals surface area contributed by atoms with Gasteiger partial charge in [-0.15, -0.1) is 11.8 Å². The fraction of sp³-hybridized carbons (Fsp3) is 0.556. The Hall–Kier alpha value is -1.54. The van der Waals surface area contributed by atoms with E-state index in [-0.39, 0.29) is 41.7 Å². The number of benzene rings is 1. The minimum Gasteiger partial charge on any atom is -0.351 e. The van der Waals surface area contributed by atoms with Crippen molar-refractivity contribution < 1.29 is 18.0 Å². The second-order valence-corrected chi connectivity index (χ2v) is 9.89. The number of carbonyl (C=O) groups is 2. The molecule has 1 atom stereocenters. The molecular formula is C18H26N2O4S2. The van der Waals surface area contributed by atoms with E-state index in [0.29, 0.717) is 13.0 Å². The number of likely N-dealkylation sites (N-methyl/N-ethyl adjacent to an activating group) is 1. The highest BCUT2D eigenvalue weighted by Gasteiger charge is 2.29. The van der Waals surface area contributed by atoms with E-state index in [0.717, 1.165) is 4.90 Å². The van der Waals surface area contributed by atoms with Gasteiger partial charge in [-0.3, -0.25) is 9.59 Å². The molecule has 1 saturated heterocycles. The molecule has 0 radical (unpaired) electrons. The first kappa shape index (κ1) is 20.8. The molecule has 1 aliphatic rings. The van der Waals surface area contributed by atoms with E-state index in [1.807, 2.05) is 32.9 Å². The summed E-state index contributed by atoms with van der Waals surface area (Å²) >= 11 is 1.45. The second-order valence-electron chi connectivity index (χ2n) is 6.61. The van der Waals surface area contributed by atoms with E-state index in [1.54, 1.807) is 0 Å². The van der Waals surface area contributed by atoms with Crippen LogP contribution >= 0.6 is 11.8 Å². The SMILES string of the molecule is CCN(CC(=O)N[C@@H]1CCS(=O)(=O)C1)C(=O)CSc1ccc(C)c(C)c1. The first-order chi connectivity index (χ1) is 12.2. The number of nitrogens with zero attached hydrogens (tertiary/aromatic N) is 1. The maximum atomic E-state index is 12.4. The van der Waals surface area contributed by atoms with Crippen LogP contribution in [0.4, 0.5) is 0 Å². The van der Waals surface area contributed by atoms with Gasteiger partial charge >= 0.3 is 0 Å². The molecule has 1 aliphatic heterocycles. The fourth-order valence-corrected chi connectivity index (χ4v) is 5.34. The summed E-state index contributed by atoms with van der Waals surface area (Å²) in [6, 6.07) is 5.73. The summed E-state index contributed by atoms with van der Waals surface area (Å²) in [5.74, 6) is -0.0486. The van der Waals surface area contributed by atoms with Gasteiger partial charge in [0, 0.05) is 17.5 Å². The van der Waals surface area contributed by atoms with Crippen molar-refractivity contribution in [1.29, 1.82) is 0 Å². The molecule has 1 fully saturated rings. The van der Waals surface area contributed by atoms with Gasteiger partial charge in [0.15, 0.2) is 9.84 Å². The molecule has 144 valence electrons. The molecular weight excluding hydrogens is 372 g/mol. The topological polar surface area (TPSA) is 83.6 Å². The van der Waals surface area contributed by atoms with E-state index in [4.69, 9.17) is 0 Å². The Morgan fingerprint density at radius 1 is 1.27 bits per heavy atom. The summed E-state index contributed by atoms with van der Waals surface area (Å²) in [6.07, 6.45) is 0.441. The highest BCUT2D eigenvalue weighted by atomic mass is 32.2. The Kier molecular flexibility index (Phi) is 7.11. The molecule has 2 amide bonds. The van der Waals surface area contributed by atoms with Crippen LogP contribution in [0, 0.1) is 13.8 Å². The van der Waals surface area contributed by atoms with Crippen LogP contribution in [-0.4, -0.2) is 61.5 Å². The van der Waals surface area contributed by atoms with Crippen LogP contribution in [0.25, 0.3) is 0 Å². The number of thioether (sulfide) groups is 1. The van der Waals surface area contributed by atoms with E-state index in [9.17, 15) is 18.0 Å². The van der Waals surface area contributed by atoms with Crippen LogP contribution in [-0.2, 0) is 19.4 Å². The van der Waals surface area contributed by atoms with Crippen LogP contribution in [0.3, 0.4) is 0 Å². The summed E-state index contributed by atoms with van der Waals surface area (Å²) in [7, 11) is -3.04. The Morgan fingerprint density at radius 2 is 2.00 bits per heavy atom. The Labute approximate surface area is 159 Å². The summed E-state index contributed by atoms with van der Waals surface area (Å²) in [4.78, 5) is 27.1. The third-order valence-electron chi connectivity index (χ3n) is 4.51. The third-order valence-corrected chi connectivity index (χ3v) is 7.25. The average Bonchev–Trinajstić information content (AvgIpc) is 2.91. The summed E-state index contributed by atoms with van der Waals surface area (Å²) in [5.41, 5.74) is 2.39. The number of sulfone groups is 1. The molecule has 1 aromatic rings. The monoisotopic (exact) mass is 398 g/mol. The Bertz CT molecular complexity index is 777. The largest absolute Gasteiger partial charge is 0.351 e. The van der Waals surface area contributed by atoms with Crippen molar-refractivity contribution in [1.82, 2.24) is 10.2 Å². The van der Waals surface area contributed by atoms with Gasteiger partial charge in [0.25, 0.3) is 0 Å². The number of hydrogen-bond acceptors (Lipinski definition) is 5. The summed E-state index contributed by atoms with van der Waals surface area (Å²) in [6.45, 7) is 6.29. The normalized spacial score (nSPS) is 18.5. The van der Waals surface area contributed by atoms with E-state index < -0.39 is 9.84 Å². The van der Waals surface area contributed by atoms with E-state index in [2.05, 4.69) is 11.4 Å². The zero-order valence-corrected chi connectivity index (χ0v) is 17.1. The Morgan fingerprint density at radius 3 is 2.58 bits per heavy atom. The average molecular weight is 399 g/mol. The highest BCUT2D eigenvalue weighted by Crippen LogP contribution is 2.21. The molecule has 6 nitrogen and oxygen atoms in total. The van der Waals surface area contributed by atoms with Gasteiger partial charge in [-0.2, -0.15) is 0 Å². The highest BCUT2D eigenvalue weighted by molar-refractivity contribution is 8.00. The molecule has 0 unspecified atom stereocenters. The van der Waals surface area contributed by atoms with E-state index >= 15 is 0 Å². The van der Waals surface area contributed by atoms with Crippen molar-refractivity contribution >= 4 is 33.4 Å². The second kappa shape index (κ2) is 8.90. The molecule has 0 aromatic heterocycles. The van der Waals surface area contributed by atoms with Gasteiger partial charge in [-0.1, -0.05) is 6.07 Å². The van der Waals surface area contributed by atoms with E-state index in [1.165, 1.54) is 27.8 Å². The maximum Gasteiger partial charge on any atom is 0.239 e. The van der Waals surface area contributed by atoms with Crippen LogP contribution in [0.15, 0.2) is 23.1 Å². The number of amides is 2. The summed E-state index contributed by atoms with van der Waals surface area (Å²) in [5, 5.41) is 2.72. The first-order valence-corrected chi connectivity index (χ1v) is 11.5. The lowest BCUT2D eigenvalue weighted by Gasteiger charge is -2.21. The lowest BCUT2D eigenvalue weighted by molar-refractivity contribution is -0.134. The molecule has 1 N–H and O–H groups in total. The lowest BCUT2D eigenvalue weighted by Crippen LogP contribution is -2.45. The zero-order chi connectivity index (χ0) is 19.3.